The maximum Gasteiger partial charge on any atom is 0.160 e. The van der Waals surface area contributed by atoms with E-state index in [-0.39, 0.29) is 5.92 Å². The zero-order valence-electron chi connectivity index (χ0n) is 31.2. The predicted octanol–water partition coefficient (Wildman–Crippen LogP) is 12.5. The summed E-state index contributed by atoms with van der Waals surface area (Å²) in [5, 5.41) is 4.53. The van der Waals surface area contributed by atoms with Gasteiger partial charge in [-0.15, -0.1) is 0 Å². The van der Waals surface area contributed by atoms with Crippen LogP contribution < -0.4 is 0 Å². The van der Waals surface area contributed by atoms with Crippen LogP contribution in [0.3, 0.4) is 0 Å². The molecule has 5 nitrogen and oxygen atoms in total. The molecular weight excluding hydrogens is 683 g/mol. The highest BCUT2D eigenvalue weighted by Crippen LogP contribution is 2.37. The van der Waals surface area contributed by atoms with E-state index < -0.39 is 0 Å². The molecule has 4 heterocycles. The van der Waals surface area contributed by atoms with Gasteiger partial charge in [-0.1, -0.05) is 127 Å². The molecule has 0 N–H and O–H groups in total. The summed E-state index contributed by atoms with van der Waals surface area (Å²) in [6.07, 6.45) is 11.4. The normalized spacial score (nSPS) is 14.0. The van der Waals surface area contributed by atoms with Crippen LogP contribution in [-0.2, 0) is 0 Å². The summed E-state index contributed by atoms with van der Waals surface area (Å²) in [7, 11) is 0. The Kier molecular flexibility index (Phi) is 8.33. The second-order valence-electron chi connectivity index (χ2n) is 14.6. The summed E-state index contributed by atoms with van der Waals surface area (Å²) in [4.78, 5) is 24.5. The van der Waals surface area contributed by atoms with Crippen LogP contribution in [0, 0.1) is 13.8 Å². The average molecular weight is 720 g/mol. The number of aryl methyl sites for hydroxylation is 2. The van der Waals surface area contributed by atoms with Gasteiger partial charge in [0, 0.05) is 62.6 Å². The molecule has 4 aromatic heterocycles. The Morgan fingerprint density at radius 2 is 1.29 bits per heavy atom. The number of fused-ring (bicyclic) bond motifs is 4. The quantitative estimate of drug-likeness (QED) is 0.160. The SMILES string of the molecule is Cc1ccc2ccc3c(-c4ccc([C@@H]5C=CC(c6nc(-c7ccccc7)cc(-c7cccc(-c8cccc9ccncc89)c7)n6)=CC5)cc4)cc(C)nc3c2n1. The van der Waals surface area contributed by atoms with Gasteiger partial charge in [0.15, 0.2) is 5.82 Å². The van der Waals surface area contributed by atoms with Crippen molar-refractivity contribution in [3.63, 3.8) is 0 Å². The van der Waals surface area contributed by atoms with Crippen LogP contribution in [-0.4, -0.2) is 24.9 Å². The van der Waals surface area contributed by atoms with Crippen LogP contribution >= 0.6 is 0 Å². The molecule has 5 aromatic carbocycles. The Morgan fingerprint density at radius 1 is 0.518 bits per heavy atom. The number of aromatic nitrogens is 5. The van der Waals surface area contributed by atoms with E-state index in [1.54, 1.807) is 0 Å². The third-order valence-electron chi connectivity index (χ3n) is 10.9. The molecule has 0 spiro atoms. The van der Waals surface area contributed by atoms with Gasteiger partial charge in [-0.05, 0) is 83.8 Å². The second kappa shape index (κ2) is 13.9. The second-order valence-corrected chi connectivity index (χ2v) is 14.6. The highest BCUT2D eigenvalue weighted by molar-refractivity contribution is 6.08. The van der Waals surface area contributed by atoms with Gasteiger partial charge in [0.25, 0.3) is 0 Å². The smallest absolute Gasteiger partial charge is 0.160 e. The lowest BCUT2D eigenvalue weighted by Crippen LogP contribution is -2.03. The van der Waals surface area contributed by atoms with Gasteiger partial charge in [0.2, 0.25) is 0 Å². The third-order valence-corrected chi connectivity index (χ3v) is 10.9. The van der Waals surface area contributed by atoms with Crippen LogP contribution in [0.5, 0.6) is 0 Å². The molecule has 10 rings (SSSR count). The van der Waals surface area contributed by atoms with E-state index in [2.05, 4.69) is 164 Å². The Labute approximate surface area is 325 Å². The third kappa shape index (κ3) is 6.23. The fraction of sp³-hybridized carbons (Fsp3) is 0.0784. The monoisotopic (exact) mass is 719 g/mol. The zero-order valence-corrected chi connectivity index (χ0v) is 31.2. The van der Waals surface area contributed by atoms with Gasteiger partial charge in [-0.25, -0.2) is 9.97 Å². The summed E-state index contributed by atoms with van der Waals surface area (Å²) in [5.41, 5.74) is 14.7. The topological polar surface area (TPSA) is 64.5 Å². The minimum atomic E-state index is 0.253. The van der Waals surface area contributed by atoms with Gasteiger partial charge in [-0.2, -0.15) is 0 Å². The summed E-state index contributed by atoms with van der Waals surface area (Å²) < 4.78 is 0. The molecular formula is C51H37N5. The molecule has 0 amide bonds. The van der Waals surface area contributed by atoms with Gasteiger partial charge in [-0.3, -0.25) is 15.0 Å². The largest absolute Gasteiger partial charge is 0.264 e. The fourth-order valence-electron chi connectivity index (χ4n) is 7.97. The van der Waals surface area contributed by atoms with Crippen molar-refractivity contribution in [3.8, 4) is 44.8 Å². The summed E-state index contributed by atoms with van der Waals surface area (Å²) in [6.45, 7) is 4.09. The molecule has 0 aliphatic heterocycles. The minimum absolute atomic E-state index is 0.253. The van der Waals surface area contributed by atoms with E-state index in [0.29, 0.717) is 0 Å². The molecule has 9 aromatic rings. The van der Waals surface area contributed by atoms with Crippen molar-refractivity contribution >= 4 is 38.2 Å². The van der Waals surface area contributed by atoms with Gasteiger partial charge >= 0.3 is 0 Å². The summed E-state index contributed by atoms with van der Waals surface area (Å²) in [6, 6.07) is 49.3. The lowest BCUT2D eigenvalue weighted by Gasteiger charge is -2.18. The van der Waals surface area contributed by atoms with Gasteiger partial charge in [0.05, 0.1) is 22.4 Å². The maximum absolute atomic E-state index is 5.20. The highest BCUT2D eigenvalue weighted by Gasteiger charge is 2.18. The molecule has 0 unspecified atom stereocenters. The Morgan fingerprint density at radius 3 is 2.12 bits per heavy atom. The van der Waals surface area contributed by atoms with Crippen molar-refractivity contribution in [1.82, 2.24) is 24.9 Å². The number of hydrogen-bond acceptors (Lipinski definition) is 5. The Hall–Kier alpha value is -7.11. The van der Waals surface area contributed by atoms with Crippen LogP contribution in [0.15, 0.2) is 170 Å². The van der Waals surface area contributed by atoms with Crippen LogP contribution in [0.25, 0.3) is 82.9 Å². The van der Waals surface area contributed by atoms with Crippen molar-refractivity contribution in [1.29, 1.82) is 0 Å². The number of hydrogen-bond donors (Lipinski definition) is 0. The molecule has 0 radical (unpaired) electrons. The minimum Gasteiger partial charge on any atom is -0.264 e. The van der Waals surface area contributed by atoms with E-state index >= 15 is 0 Å². The number of nitrogens with zero attached hydrogens (tertiary/aromatic N) is 5. The standard InChI is InChI=1S/C51H37N5/c1-32-14-15-39-24-25-44-45(28-33(2)54-50(44)49(39)53-32)37-20-16-34(17-21-37)35-18-22-40(23-19-35)51-55-47(38-8-4-3-5-9-38)30-48(56-51)42-12-6-11-41(29-42)43-13-7-10-36-26-27-52-31-46(36)43/h3-18,20-31,35H,19H2,1-2H3/t35-/m1/s1. The number of allylic oxidation sites excluding steroid dienone is 4. The molecule has 1 aliphatic rings. The molecule has 0 saturated heterocycles. The van der Waals surface area contributed by atoms with Crippen molar-refractivity contribution in [2.24, 2.45) is 0 Å². The molecule has 5 heteroatoms. The van der Waals surface area contributed by atoms with Crippen molar-refractivity contribution in [3.05, 3.63) is 193 Å². The van der Waals surface area contributed by atoms with E-state index in [4.69, 9.17) is 19.9 Å². The van der Waals surface area contributed by atoms with Crippen LogP contribution in [0.1, 0.15) is 35.1 Å². The molecule has 1 atom stereocenters. The molecule has 56 heavy (non-hydrogen) atoms. The van der Waals surface area contributed by atoms with Crippen molar-refractivity contribution in [2.45, 2.75) is 26.2 Å². The van der Waals surface area contributed by atoms with E-state index in [9.17, 15) is 0 Å². The first kappa shape index (κ1) is 33.5. The van der Waals surface area contributed by atoms with Crippen molar-refractivity contribution in [2.75, 3.05) is 0 Å². The summed E-state index contributed by atoms with van der Waals surface area (Å²) >= 11 is 0. The Bertz CT molecular complexity index is 3010. The molecule has 266 valence electrons. The number of pyridine rings is 3. The average Bonchev–Trinajstić information content (AvgIpc) is 3.26. The van der Waals surface area contributed by atoms with E-state index in [1.807, 2.05) is 25.4 Å². The van der Waals surface area contributed by atoms with Crippen LogP contribution in [0.2, 0.25) is 0 Å². The van der Waals surface area contributed by atoms with Gasteiger partial charge < -0.3 is 0 Å². The lowest BCUT2D eigenvalue weighted by atomic mass is 9.88. The summed E-state index contributed by atoms with van der Waals surface area (Å²) in [5.74, 6) is 0.979. The van der Waals surface area contributed by atoms with Crippen molar-refractivity contribution < 1.29 is 0 Å². The van der Waals surface area contributed by atoms with E-state index in [0.717, 1.165) is 90.0 Å². The first-order chi connectivity index (χ1) is 27.5. The molecule has 0 bridgehead atoms. The van der Waals surface area contributed by atoms with E-state index in [1.165, 1.54) is 22.1 Å². The molecule has 0 fully saturated rings. The van der Waals surface area contributed by atoms with Crippen LogP contribution in [0.4, 0.5) is 0 Å². The first-order valence-corrected chi connectivity index (χ1v) is 19.1. The lowest BCUT2D eigenvalue weighted by molar-refractivity contribution is 0.854. The predicted molar refractivity (Wildman–Crippen MR) is 230 cm³/mol. The molecule has 0 saturated carbocycles. The highest BCUT2D eigenvalue weighted by atomic mass is 14.9. The maximum atomic E-state index is 5.20. The van der Waals surface area contributed by atoms with Gasteiger partial charge in [0.1, 0.15) is 0 Å². The molecule has 1 aliphatic carbocycles. The Balaban J connectivity index is 0.960. The number of rotatable bonds is 6. The first-order valence-electron chi connectivity index (χ1n) is 19.1. The fourth-order valence-corrected chi connectivity index (χ4v) is 7.97. The number of benzene rings is 5. The zero-order chi connectivity index (χ0) is 37.6.